The fourth-order valence-electron chi connectivity index (χ4n) is 8.15. The molecular formula is C41H47N5O6S. The third kappa shape index (κ3) is 7.87. The molecule has 5 heterocycles. The lowest BCUT2D eigenvalue weighted by molar-refractivity contribution is -0.136. The number of fused-ring (bicyclic) bond motifs is 3. The molecular weight excluding hydrogens is 691 g/mol. The van der Waals surface area contributed by atoms with Crippen LogP contribution in [0.5, 0.6) is 5.75 Å². The number of unbranched alkanes of at least 4 members (excludes halogenated alkanes) is 2. The van der Waals surface area contributed by atoms with E-state index >= 15 is 0 Å². The average molecular weight is 738 g/mol. The maximum Gasteiger partial charge on any atom is 0.262 e. The summed E-state index contributed by atoms with van der Waals surface area (Å²) >= 11 is 1.86. The maximum atomic E-state index is 13.1. The molecule has 0 saturated carbocycles. The molecule has 3 aromatic rings. The molecule has 3 saturated heterocycles. The van der Waals surface area contributed by atoms with Gasteiger partial charge in [-0.1, -0.05) is 36.0 Å². The van der Waals surface area contributed by atoms with Gasteiger partial charge in [0, 0.05) is 55.5 Å². The Bertz CT molecular complexity index is 1810. The molecule has 0 bridgehead atoms. The number of nitrogens with one attached hydrogen (secondary N) is 1. The first-order chi connectivity index (χ1) is 25.9. The number of likely N-dealkylation sites (tertiary alicyclic amines) is 2. The van der Waals surface area contributed by atoms with E-state index in [0.717, 1.165) is 89.2 Å². The number of para-hydroxylation sites is 2. The SMILES string of the molecule is O=C1CCC(N2C(=O)c3ccc(OCCCCCN4CCC(OC5CN(CCCN6c7ccccc7Sc7ccccc76)C5)CC4)cc3C2=O)C(=O)N1. The summed E-state index contributed by atoms with van der Waals surface area (Å²) in [6.45, 7) is 7.91. The van der Waals surface area contributed by atoms with Gasteiger partial charge in [-0.3, -0.25) is 34.3 Å². The van der Waals surface area contributed by atoms with Gasteiger partial charge in [0.1, 0.15) is 11.8 Å². The molecule has 5 aliphatic rings. The third-order valence-corrected chi connectivity index (χ3v) is 12.2. The highest BCUT2D eigenvalue weighted by atomic mass is 32.2. The molecule has 0 radical (unpaired) electrons. The van der Waals surface area contributed by atoms with Crippen molar-refractivity contribution in [1.29, 1.82) is 0 Å². The van der Waals surface area contributed by atoms with Crippen molar-refractivity contribution in [3.63, 3.8) is 0 Å². The second-order valence-electron chi connectivity index (χ2n) is 14.7. The molecule has 11 nitrogen and oxygen atoms in total. The second-order valence-corrected chi connectivity index (χ2v) is 15.7. The van der Waals surface area contributed by atoms with E-state index in [1.165, 1.54) is 21.2 Å². The van der Waals surface area contributed by atoms with Gasteiger partial charge in [-0.15, -0.1) is 0 Å². The molecule has 0 aliphatic carbocycles. The number of amides is 4. The lowest BCUT2D eigenvalue weighted by Gasteiger charge is -2.42. The summed E-state index contributed by atoms with van der Waals surface area (Å²) in [6.07, 6.45) is 7.26. The summed E-state index contributed by atoms with van der Waals surface area (Å²) in [5.41, 5.74) is 3.13. The van der Waals surface area contributed by atoms with Crippen LogP contribution in [0.1, 0.15) is 72.1 Å². The van der Waals surface area contributed by atoms with E-state index in [-0.39, 0.29) is 24.0 Å². The van der Waals surface area contributed by atoms with Crippen LogP contribution in [0.2, 0.25) is 0 Å². The number of imide groups is 2. The minimum Gasteiger partial charge on any atom is -0.494 e. The van der Waals surface area contributed by atoms with E-state index in [1.807, 2.05) is 11.8 Å². The van der Waals surface area contributed by atoms with E-state index in [4.69, 9.17) is 9.47 Å². The molecule has 3 aromatic carbocycles. The zero-order chi connectivity index (χ0) is 36.3. The molecule has 0 spiro atoms. The molecule has 1 N–H and O–H groups in total. The average Bonchev–Trinajstić information content (AvgIpc) is 3.40. The lowest BCUT2D eigenvalue weighted by atomic mass is 10.0. The first kappa shape index (κ1) is 35.8. The Balaban J connectivity index is 0.683. The number of ether oxygens (including phenoxy) is 2. The van der Waals surface area contributed by atoms with E-state index < -0.39 is 29.7 Å². The van der Waals surface area contributed by atoms with E-state index in [9.17, 15) is 19.2 Å². The number of benzene rings is 3. The zero-order valence-electron chi connectivity index (χ0n) is 30.0. The summed E-state index contributed by atoms with van der Waals surface area (Å²) in [4.78, 5) is 61.0. The fraction of sp³-hybridized carbons (Fsp3) is 0.463. The molecule has 0 aromatic heterocycles. The summed E-state index contributed by atoms with van der Waals surface area (Å²) in [6, 6.07) is 21.4. The van der Waals surface area contributed by atoms with Crippen LogP contribution in [0.3, 0.4) is 0 Å². The maximum absolute atomic E-state index is 13.1. The molecule has 3 fully saturated rings. The Kier molecular flexibility index (Phi) is 10.8. The molecule has 1 unspecified atom stereocenters. The highest BCUT2D eigenvalue weighted by molar-refractivity contribution is 7.99. The number of hydrogen-bond acceptors (Lipinski definition) is 10. The van der Waals surface area contributed by atoms with Crippen LogP contribution in [-0.2, 0) is 14.3 Å². The summed E-state index contributed by atoms with van der Waals surface area (Å²) < 4.78 is 12.4. The molecule has 5 aliphatic heterocycles. The number of carbonyl (C=O) groups excluding carboxylic acids is 4. The van der Waals surface area contributed by atoms with Crippen molar-refractivity contribution in [3.05, 3.63) is 77.9 Å². The van der Waals surface area contributed by atoms with Crippen molar-refractivity contribution in [2.24, 2.45) is 0 Å². The molecule has 1 atom stereocenters. The van der Waals surface area contributed by atoms with Crippen LogP contribution >= 0.6 is 11.8 Å². The third-order valence-electron chi connectivity index (χ3n) is 11.0. The molecule has 4 amide bonds. The first-order valence-corrected chi connectivity index (χ1v) is 19.9. The van der Waals surface area contributed by atoms with Crippen LogP contribution < -0.4 is 15.0 Å². The predicted molar refractivity (Wildman–Crippen MR) is 202 cm³/mol. The number of rotatable bonds is 14. The topological polar surface area (TPSA) is 112 Å². The van der Waals surface area contributed by atoms with Crippen LogP contribution in [0.25, 0.3) is 0 Å². The number of anilines is 2. The van der Waals surface area contributed by atoms with Crippen LogP contribution in [0.4, 0.5) is 11.4 Å². The Labute approximate surface area is 314 Å². The van der Waals surface area contributed by atoms with E-state index in [0.29, 0.717) is 24.6 Å². The number of carbonyl (C=O) groups is 4. The van der Waals surface area contributed by atoms with Crippen molar-refractivity contribution >= 4 is 46.8 Å². The van der Waals surface area contributed by atoms with Gasteiger partial charge in [-0.25, -0.2) is 0 Å². The minimum atomic E-state index is -0.971. The van der Waals surface area contributed by atoms with Gasteiger partial charge in [0.15, 0.2) is 0 Å². The van der Waals surface area contributed by atoms with Gasteiger partial charge in [0.05, 0.1) is 41.3 Å². The smallest absolute Gasteiger partial charge is 0.262 e. The van der Waals surface area contributed by atoms with Crippen LogP contribution in [-0.4, -0.2) is 109 Å². The largest absolute Gasteiger partial charge is 0.494 e. The van der Waals surface area contributed by atoms with Crippen molar-refractivity contribution in [2.45, 2.75) is 79.4 Å². The van der Waals surface area contributed by atoms with Crippen LogP contribution in [0.15, 0.2) is 76.5 Å². The number of piperidine rings is 2. The van der Waals surface area contributed by atoms with Gasteiger partial charge >= 0.3 is 0 Å². The fourth-order valence-corrected chi connectivity index (χ4v) is 9.25. The minimum absolute atomic E-state index is 0.0947. The van der Waals surface area contributed by atoms with Gasteiger partial charge in [-0.2, -0.15) is 0 Å². The van der Waals surface area contributed by atoms with Gasteiger partial charge in [0.2, 0.25) is 11.8 Å². The Morgan fingerprint density at radius 1 is 0.698 bits per heavy atom. The Hall–Kier alpha value is -4.23. The second kappa shape index (κ2) is 16.0. The van der Waals surface area contributed by atoms with Crippen LogP contribution in [0, 0.1) is 0 Å². The first-order valence-electron chi connectivity index (χ1n) is 19.1. The van der Waals surface area contributed by atoms with Gasteiger partial charge in [-0.05, 0) is 94.0 Å². The standard InChI is InChI=1S/C41H47N5O6S/c47-38-16-15-35(39(48)42-38)46-40(49)31-14-13-29(25-32(31)41(46)50)51-24-7-1-6-19-43-22-17-28(18-23-43)52-30-26-44(27-30)20-8-21-45-33-9-2-4-11-36(33)53-37-12-5-3-10-34(37)45/h2-5,9-14,25,28,30,35H,1,6-8,15-24,26-27H2,(H,42,47,48). The normalized spacial score (nSPS) is 20.9. The van der Waals surface area contributed by atoms with E-state index in [2.05, 4.69) is 68.5 Å². The predicted octanol–water partition coefficient (Wildman–Crippen LogP) is 5.50. The summed E-state index contributed by atoms with van der Waals surface area (Å²) in [7, 11) is 0. The van der Waals surface area contributed by atoms with Crippen molar-refractivity contribution in [3.8, 4) is 5.75 Å². The number of nitrogens with zero attached hydrogens (tertiary/aromatic N) is 4. The Morgan fingerprint density at radius 3 is 2.13 bits per heavy atom. The quantitative estimate of drug-likeness (QED) is 0.168. The summed E-state index contributed by atoms with van der Waals surface area (Å²) in [5.74, 6) is -1.51. The molecule has 278 valence electrons. The van der Waals surface area contributed by atoms with Crippen molar-refractivity contribution in [2.75, 3.05) is 57.3 Å². The zero-order valence-corrected chi connectivity index (χ0v) is 30.9. The highest BCUT2D eigenvalue weighted by Crippen LogP contribution is 2.47. The molecule has 53 heavy (non-hydrogen) atoms. The van der Waals surface area contributed by atoms with Gasteiger partial charge < -0.3 is 19.3 Å². The Morgan fingerprint density at radius 2 is 1.40 bits per heavy atom. The monoisotopic (exact) mass is 737 g/mol. The van der Waals surface area contributed by atoms with Gasteiger partial charge in [0.25, 0.3) is 11.8 Å². The lowest BCUT2D eigenvalue weighted by Crippen LogP contribution is -2.54. The van der Waals surface area contributed by atoms with E-state index in [1.54, 1.807) is 18.2 Å². The highest BCUT2D eigenvalue weighted by Gasteiger charge is 2.44. The number of hydrogen-bond donors (Lipinski definition) is 1. The van der Waals surface area contributed by atoms with Crippen molar-refractivity contribution in [1.82, 2.24) is 20.0 Å². The molecule has 12 heteroatoms. The molecule has 8 rings (SSSR count). The summed E-state index contributed by atoms with van der Waals surface area (Å²) in [5, 5.41) is 2.22. The van der Waals surface area contributed by atoms with Crippen molar-refractivity contribution < 1.29 is 28.7 Å².